The quantitative estimate of drug-likeness (QED) is 0.511. The molecule has 7 nitrogen and oxygen atoms in total. The minimum Gasteiger partial charge on any atom is -0.493 e. The lowest BCUT2D eigenvalue weighted by Gasteiger charge is -2.40. The number of amides is 1. The van der Waals surface area contributed by atoms with Crippen molar-refractivity contribution in [2.75, 3.05) is 32.3 Å². The summed E-state index contributed by atoms with van der Waals surface area (Å²) in [5.41, 5.74) is 1.87. The molecule has 1 unspecified atom stereocenters. The van der Waals surface area contributed by atoms with Crippen LogP contribution >= 0.6 is 19.2 Å². The number of carbonyl (C=O) groups excluding carboxylic acids is 1. The lowest BCUT2D eigenvalue weighted by atomic mass is 9.97. The van der Waals surface area contributed by atoms with Crippen molar-refractivity contribution >= 4 is 30.8 Å². The van der Waals surface area contributed by atoms with E-state index in [0.717, 1.165) is 0 Å². The molecular formula is C21H25ClNO6P. The van der Waals surface area contributed by atoms with E-state index in [1.807, 2.05) is 0 Å². The van der Waals surface area contributed by atoms with Gasteiger partial charge in [0.25, 0.3) is 0 Å². The Hall–Kier alpha value is -2.05. The van der Waals surface area contributed by atoms with Gasteiger partial charge in [-0.2, -0.15) is 0 Å². The number of rotatable bonds is 8. The number of anilines is 1. The first-order chi connectivity index (χ1) is 14.4. The first-order valence-corrected chi connectivity index (χ1v) is 11.6. The Bertz CT molecular complexity index is 955. The second kappa shape index (κ2) is 9.40. The van der Waals surface area contributed by atoms with Crippen molar-refractivity contribution in [2.24, 2.45) is 0 Å². The van der Waals surface area contributed by atoms with E-state index in [1.165, 1.54) is 19.1 Å². The number of hydrogen-bond acceptors (Lipinski definition) is 6. The molecule has 1 aliphatic rings. The van der Waals surface area contributed by atoms with Gasteiger partial charge in [0.15, 0.2) is 17.3 Å². The van der Waals surface area contributed by atoms with Gasteiger partial charge in [-0.1, -0.05) is 11.6 Å². The summed E-state index contributed by atoms with van der Waals surface area (Å²) in [6.45, 7) is 3.80. The van der Waals surface area contributed by atoms with Gasteiger partial charge in [0.2, 0.25) is 5.91 Å². The minimum atomic E-state index is -3.78. The average molecular weight is 454 g/mol. The van der Waals surface area contributed by atoms with E-state index in [1.54, 1.807) is 50.2 Å². The molecule has 162 valence electrons. The van der Waals surface area contributed by atoms with Gasteiger partial charge in [0, 0.05) is 10.7 Å². The highest BCUT2D eigenvalue weighted by molar-refractivity contribution is 7.54. The maximum Gasteiger partial charge on any atom is 0.357 e. The number of halogens is 1. The Morgan fingerprint density at radius 3 is 2.13 bits per heavy atom. The molecular weight excluding hydrogens is 429 g/mol. The SMILES string of the molecule is CCOP(=O)(OCC)C1c2cc(OC)c(OC)cc2CC(=O)N1c1ccc(Cl)cc1. The Labute approximate surface area is 181 Å². The normalized spacial score (nSPS) is 16.4. The molecule has 0 aliphatic carbocycles. The standard InChI is InChI=1S/C21H25ClNO6P/c1-5-28-30(25,29-6-2)21-17-13-19(27-4)18(26-3)11-14(17)12-20(24)23(21)16-9-7-15(22)8-10-16/h7-11,13,21H,5-6,12H2,1-4H3. The minimum absolute atomic E-state index is 0.104. The molecule has 0 saturated heterocycles. The third-order valence-electron chi connectivity index (χ3n) is 4.80. The van der Waals surface area contributed by atoms with E-state index in [2.05, 4.69) is 0 Å². The van der Waals surface area contributed by atoms with Gasteiger partial charge in [-0.25, -0.2) is 0 Å². The maximum absolute atomic E-state index is 13.9. The van der Waals surface area contributed by atoms with Crippen LogP contribution in [0.4, 0.5) is 5.69 Å². The zero-order valence-electron chi connectivity index (χ0n) is 17.4. The third-order valence-corrected chi connectivity index (χ3v) is 7.40. The van der Waals surface area contributed by atoms with E-state index in [-0.39, 0.29) is 25.5 Å². The highest BCUT2D eigenvalue weighted by Gasteiger charge is 2.48. The van der Waals surface area contributed by atoms with E-state index >= 15 is 0 Å². The summed E-state index contributed by atoms with van der Waals surface area (Å²) in [6.07, 6.45) is 0.104. The molecule has 0 aromatic heterocycles. The van der Waals surface area contributed by atoms with Crippen LogP contribution < -0.4 is 14.4 Å². The molecule has 30 heavy (non-hydrogen) atoms. The summed E-state index contributed by atoms with van der Waals surface area (Å²) < 4.78 is 36.1. The molecule has 0 fully saturated rings. The smallest absolute Gasteiger partial charge is 0.357 e. The van der Waals surface area contributed by atoms with Gasteiger partial charge in [-0.3, -0.25) is 14.3 Å². The van der Waals surface area contributed by atoms with Crippen LogP contribution in [0.2, 0.25) is 5.02 Å². The molecule has 2 aromatic carbocycles. The first kappa shape index (κ1) is 22.6. The fraction of sp³-hybridized carbons (Fsp3) is 0.381. The molecule has 2 aromatic rings. The third kappa shape index (κ3) is 4.21. The lowest BCUT2D eigenvalue weighted by molar-refractivity contribution is -0.118. The summed E-state index contributed by atoms with van der Waals surface area (Å²) in [4.78, 5) is 14.7. The molecule has 0 spiro atoms. The van der Waals surface area contributed by atoms with Crippen molar-refractivity contribution in [1.29, 1.82) is 0 Å². The van der Waals surface area contributed by atoms with Crippen molar-refractivity contribution in [1.82, 2.24) is 0 Å². The van der Waals surface area contributed by atoms with Gasteiger partial charge in [0.1, 0.15) is 0 Å². The molecule has 1 amide bonds. The van der Waals surface area contributed by atoms with Crippen molar-refractivity contribution in [3.8, 4) is 11.5 Å². The van der Waals surface area contributed by atoms with E-state index in [0.29, 0.717) is 33.3 Å². The van der Waals surface area contributed by atoms with E-state index in [9.17, 15) is 9.36 Å². The van der Waals surface area contributed by atoms with Crippen LogP contribution in [0.25, 0.3) is 0 Å². The van der Waals surface area contributed by atoms with Crippen LogP contribution in [0, 0.1) is 0 Å². The van der Waals surface area contributed by atoms with E-state index < -0.39 is 13.4 Å². The fourth-order valence-electron chi connectivity index (χ4n) is 3.59. The van der Waals surface area contributed by atoms with E-state index in [4.69, 9.17) is 30.1 Å². The van der Waals surface area contributed by atoms with Gasteiger partial charge in [0.05, 0.1) is 33.9 Å². The topological polar surface area (TPSA) is 74.3 Å². The Kier molecular flexibility index (Phi) is 7.09. The van der Waals surface area contributed by atoms with Crippen LogP contribution in [0.15, 0.2) is 36.4 Å². The van der Waals surface area contributed by atoms with Crippen LogP contribution in [0.5, 0.6) is 11.5 Å². The Morgan fingerprint density at radius 2 is 1.60 bits per heavy atom. The summed E-state index contributed by atoms with van der Waals surface area (Å²) in [5.74, 6) is -0.257. The number of carbonyl (C=O) groups is 1. The lowest BCUT2D eigenvalue weighted by Crippen LogP contribution is -2.41. The molecule has 3 rings (SSSR count). The van der Waals surface area contributed by atoms with Crippen LogP contribution in [-0.2, 0) is 24.8 Å². The van der Waals surface area contributed by atoms with Gasteiger partial charge >= 0.3 is 7.60 Å². The fourth-order valence-corrected chi connectivity index (χ4v) is 5.92. The first-order valence-electron chi connectivity index (χ1n) is 9.59. The number of ether oxygens (including phenoxy) is 2. The largest absolute Gasteiger partial charge is 0.493 e. The number of hydrogen-bond donors (Lipinski definition) is 0. The van der Waals surface area contributed by atoms with Gasteiger partial charge in [-0.15, -0.1) is 0 Å². The maximum atomic E-state index is 13.9. The molecule has 0 saturated carbocycles. The molecule has 1 aliphatic heterocycles. The van der Waals surface area contributed by atoms with Crippen molar-refractivity contribution in [3.63, 3.8) is 0 Å². The summed E-state index contributed by atoms with van der Waals surface area (Å²) in [7, 11) is -0.728. The monoisotopic (exact) mass is 453 g/mol. The van der Waals surface area contributed by atoms with Gasteiger partial charge < -0.3 is 18.5 Å². The predicted molar refractivity (Wildman–Crippen MR) is 116 cm³/mol. The number of benzene rings is 2. The summed E-state index contributed by atoms with van der Waals surface area (Å²) in [5, 5.41) is 0.532. The highest BCUT2D eigenvalue weighted by Crippen LogP contribution is 2.65. The zero-order valence-corrected chi connectivity index (χ0v) is 19.0. The van der Waals surface area contributed by atoms with Crippen LogP contribution in [0.1, 0.15) is 30.8 Å². The average Bonchev–Trinajstić information content (AvgIpc) is 2.73. The zero-order chi connectivity index (χ0) is 21.9. The Balaban J connectivity index is 2.26. The molecule has 0 radical (unpaired) electrons. The van der Waals surface area contributed by atoms with Crippen LogP contribution in [0.3, 0.4) is 0 Å². The second-order valence-electron chi connectivity index (χ2n) is 6.57. The molecule has 1 atom stereocenters. The number of fused-ring (bicyclic) bond motifs is 1. The van der Waals surface area contributed by atoms with Crippen molar-refractivity contribution in [2.45, 2.75) is 26.1 Å². The highest BCUT2D eigenvalue weighted by atomic mass is 35.5. The Morgan fingerprint density at radius 1 is 1.03 bits per heavy atom. The predicted octanol–water partition coefficient (Wildman–Crippen LogP) is 5.21. The molecule has 9 heteroatoms. The molecule has 0 bridgehead atoms. The van der Waals surface area contributed by atoms with Crippen LogP contribution in [-0.4, -0.2) is 33.3 Å². The second-order valence-corrected chi connectivity index (χ2v) is 9.09. The molecule has 1 heterocycles. The summed E-state index contributed by atoms with van der Waals surface area (Å²) in [6, 6.07) is 10.2. The molecule has 0 N–H and O–H groups in total. The number of nitrogens with zero attached hydrogens (tertiary/aromatic N) is 1. The van der Waals surface area contributed by atoms with Crippen molar-refractivity contribution in [3.05, 3.63) is 52.5 Å². The van der Waals surface area contributed by atoms with Crippen molar-refractivity contribution < 1.29 is 27.9 Å². The summed E-state index contributed by atoms with van der Waals surface area (Å²) >= 11 is 6.03. The van der Waals surface area contributed by atoms with Gasteiger partial charge in [-0.05, 0) is 61.4 Å². The number of methoxy groups -OCH3 is 2.